The number of carboxylic acids is 1. The number of carbonyl (C=O) groups is 3. The molecule has 1 aliphatic heterocycles. The van der Waals surface area contributed by atoms with E-state index in [0.29, 0.717) is 55.0 Å². The summed E-state index contributed by atoms with van der Waals surface area (Å²) in [4.78, 5) is 36.9. The van der Waals surface area contributed by atoms with Gasteiger partial charge in [0.05, 0.1) is 16.5 Å². The Labute approximate surface area is 150 Å². The zero-order valence-electron chi connectivity index (χ0n) is 13.6. The zero-order chi connectivity index (χ0) is 18.0. The highest BCUT2D eigenvalue weighted by atomic mass is 35.5. The van der Waals surface area contributed by atoms with Crippen molar-refractivity contribution in [2.24, 2.45) is 5.92 Å². The molecular weight excluding hydrogens is 346 g/mol. The summed E-state index contributed by atoms with van der Waals surface area (Å²) in [7, 11) is 0. The summed E-state index contributed by atoms with van der Waals surface area (Å²) in [6.45, 7) is 1.11. The molecular formula is C17H20ClN3O4. The molecule has 8 heteroatoms. The largest absolute Gasteiger partial charge is 0.481 e. The Balaban J connectivity index is 1.68. The van der Waals surface area contributed by atoms with E-state index in [-0.39, 0.29) is 23.9 Å². The number of urea groups is 1. The first-order chi connectivity index (χ1) is 12.0. The van der Waals surface area contributed by atoms with E-state index >= 15 is 0 Å². The number of nitrogens with one attached hydrogen (secondary N) is 2. The van der Waals surface area contributed by atoms with Crippen LogP contribution in [-0.4, -0.2) is 42.1 Å². The highest BCUT2D eigenvalue weighted by Gasteiger charge is 2.28. The molecule has 0 aromatic heterocycles. The van der Waals surface area contributed by atoms with Crippen LogP contribution in [0.4, 0.5) is 10.5 Å². The van der Waals surface area contributed by atoms with Crippen molar-refractivity contribution in [1.29, 1.82) is 0 Å². The fraction of sp³-hybridized carbons (Fsp3) is 0.471. The topological polar surface area (TPSA) is 98.7 Å². The maximum atomic E-state index is 12.6. The second-order valence-electron chi connectivity index (χ2n) is 6.41. The molecule has 2 aliphatic rings. The lowest BCUT2D eigenvalue weighted by atomic mass is 9.86. The fourth-order valence-electron chi connectivity index (χ4n) is 3.32. The van der Waals surface area contributed by atoms with E-state index < -0.39 is 5.97 Å². The summed E-state index contributed by atoms with van der Waals surface area (Å²) in [6, 6.07) is 4.69. The highest BCUT2D eigenvalue weighted by molar-refractivity contribution is 6.34. The second kappa shape index (κ2) is 7.31. The normalized spacial score (nSPS) is 23.2. The van der Waals surface area contributed by atoms with Crippen LogP contribution in [0.3, 0.4) is 0 Å². The molecule has 1 aromatic carbocycles. The summed E-state index contributed by atoms with van der Waals surface area (Å²) in [5, 5.41) is 15.0. The van der Waals surface area contributed by atoms with Crippen LogP contribution in [0.5, 0.6) is 0 Å². The number of nitrogens with zero attached hydrogens (tertiary/aromatic N) is 1. The molecule has 3 amide bonds. The predicted molar refractivity (Wildman–Crippen MR) is 93.0 cm³/mol. The van der Waals surface area contributed by atoms with Gasteiger partial charge in [-0.15, -0.1) is 0 Å². The second-order valence-corrected chi connectivity index (χ2v) is 6.82. The van der Waals surface area contributed by atoms with Crippen LogP contribution in [-0.2, 0) is 4.79 Å². The van der Waals surface area contributed by atoms with Crippen molar-refractivity contribution in [2.75, 3.05) is 18.0 Å². The van der Waals surface area contributed by atoms with Crippen molar-refractivity contribution in [1.82, 2.24) is 10.6 Å². The highest BCUT2D eigenvalue weighted by Crippen LogP contribution is 2.27. The maximum absolute atomic E-state index is 12.6. The maximum Gasteiger partial charge on any atom is 0.321 e. The quantitative estimate of drug-likeness (QED) is 0.762. The van der Waals surface area contributed by atoms with Gasteiger partial charge >= 0.3 is 12.0 Å². The minimum absolute atomic E-state index is 0.0575. The lowest BCUT2D eigenvalue weighted by Crippen LogP contribution is -2.39. The van der Waals surface area contributed by atoms with Gasteiger partial charge in [-0.25, -0.2) is 4.79 Å². The van der Waals surface area contributed by atoms with Gasteiger partial charge in [0.2, 0.25) is 0 Å². The Hall–Kier alpha value is -2.28. The summed E-state index contributed by atoms with van der Waals surface area (Å²) in [5.74, 6) is -1.40. The van der Waals surface area contributed by atoms with Crippen LogP contribution in [0.25, 0.3) is 0 Å². The van der Waals surface area contributed by atoms with Gasteiger partial charge < -0.3 is 15.7 Å². The average Bonchev–Trinajstić information content (AvgIpc) is 3.02. The molecule has 134 valence electrons. The van der Waals surface area contributed by atoms with Gasteiger partial charge in [-0.2, -0.15) is 0 Å². The molecule has 2 fully saturated rings. The molecule has 0 radical (unpaired) electrons. The van der Waals surface area contributed by atoms with Gasteiger partial charge in [-0.05, 0) is 43.9 Å². The SMILES string of the molecule is O=C(NC1CCC(C(=O)O)CC1)c1cc(N2CCNC2=O)ccc1Cl. The van der Waals surface area contributed by atoms with Crippen molar-refractivity contribution in [2.45, 2.75) is 31.7 Å². The Kier molecular flexibility index (Phi) is 5.13. The number of anilines is 1. The van der Waals surface area contributed by atoms with Crippen molar-refractivity contribution in [3.63, 3.8) is 0 Å². The minimum atomic E-state index is -0.774. The molecule has 25 heavy (non-hydrogen) atoms. The van der Waals surface area contributed by atoms with Crippen LogP contribution in [0.1, 0.15) is 36.0 Å². The molecule has 1 heterocycles. The van der Waals surface area contributed by atoms with Gasteiger partial charge in [0.25, 0.3) is 5.91 Å². The van der Waals surface area contributed by atoms with E-state index in [1.807, 2.05) is 0 Å². The van der Waals surface area contributed by atoms with E-state index in [0.717, 1.165) is 0 Å². The summed E-state index contributed by atoms with van der Waals surface area (Å²) in [5.41, 5.74) is 0.943. The number of rotatable bonds is 4. The van der Waals surface area contributed by atoms with Crippen LogP contribution in [0, 0.1) is 5.92 Å². The first-order valence-electron chi connectivity index (χ1n) is 8.34. The molecule has 7 nitrogen and oxygen atoms in total. The molecule has 1 saturated carbocycles. The smallest absolute Gasteiger partial charge is 0.321 e. The summed E-state index contributed by atoms with van der Waals surface area (Å²) >= 11 is 6.16. The zero-order valence-corrected chi connectivity index (χ0v) is 14.4. The Morgan fingerprint density at radius 2 is 1.96 bits per heavy atom. The molecule has 0 atom stereocenters. The number of hydrogen-bond donors (Lipinski definition) is 3. The number of amides is 3. The first-order valence-corrected chi connectivity index (χ1v) is 8.72. The lowest BCUT2D eigenvalue weighted by molar-refractivity contribution is -0.142. The molecule has 0 unspecified atom stereocenters. The fourth-order valence-corrected chi connectivity index (χ4v) is 3.52. The molecule has 1 aromatic rings. The van der Waals surface area contributed by atoms with E-state index in [9.17, 15) is 14.4 Å². The number of hydrogen-bond acceptors (Lipinski definition) is 3. The van der Waals surface area contributed by atoms with Gasteiger partial charge in [0.1, 0.15) is 0 Å². The Morgan fingerprint density at radius 1 is 1.24 bits per heavy atom. The monoisotopic (exact) mass is 365 g/mol. The number of carboxylic acid groups (broad SMARTS) is 1. The number of halogens is 1. The molecule has 3 N–H and O–H groups in total. The van der Waals surface area contributed by atoms with Gasteiger partial charge in [0.15, 0.2) is 0 Å². The molecule has 0 bridgehead atoms. The van der Waals surface area contributed by atoms with Gasteiger partial charge in [0, 0.05) is 24.8 Å². The number of aliphatic carboxylic acids is 1. The minimum Gasteiger partial charge on any atom is -0.481 e. The molecule has 0 spiro atoms. The van der Waals surface area contributed by atoms with Gasteiger partial charge in [-0.3, -0.25) is 14.5 Å². The predicted octanol–water partition coefficient (Wildman–Crippen LogP) is 2.24. The molecule has 1 saturated heterocycles. The van der Waals surface area contributed by atoms with E-state index in [2.05, 4.69) is 10.6 Å². The van der Waals surface area contributed by atoms with E-state index in [4.69, 9.17) is 16.7 Å². The van der Waals surface area contributed by atoms with Crippen LogP contribution >= 0.6 is 11.6 Å². The third-order valence-electron chi connectivity index (χ3n) is 4.77. The Morgan fingerprint density at radius 3 is 2.56 bits per heavy atom. The van der Waals surface area contributed by atoms with Crippen molar-refractivity contribution >= 4 is 35.2 Å². The van der Waals surface area contributed by atoms with Crippen molar-refractivity contribution in [3.05, 3.63) is 28.8 Å². The van der Waals surface area contributed by atoms with E-state index in [1.165, 1.54) is 0 Å². The summed E-state index contributed by atoms with van der Waals surface area (Å²) < 4.78 is 0. The number of carbonyl (C=O) groups excluding carboxylic acids is 2. The number of benzene rings is 1. The summed E-state index contributed by atoms with van der Waals surface area (Å²) in [6.07, 6.45) is 2.38. The third-order valence-corrected chi connectivity index (χ3v) is 5.10. The lowest BCUT2D eigenvalue weighted by Gasteiger charge is -2.27. The van der Waals surface area contributed by atoms with Crippen molar-refractivity contribution < 1.29 is 19.5 Å². The Bertz CT molecular complexity index is 701. The van der Waals surface area contributed by atoms with Gasteiger partial charge in [-0.1, -0.05) is 11.6 Å². The first kappa shape index (κ1) is 17.5. The van der Waals surface area contributed by atoms with E-state index in [1.54, 1.807) is 23.1 Å². The van der Waals surface area contributed by atoms with Crippen LogP contribution in [0.2, 0.25) is 5.02 Å². The standard InChI is InChI=1S/C17H20ClN3O4/c18-14-6-5-12(21-8-7-19-17(21)25)9-13(14)15(22)20-11-3-1-10(2-4-11)16(23)24/h5-6,9-11H,1-4,7-8H2,(H,19,25)(H,20,22)(H,23,24). The average molecular weight is 366 g/mol. The molecule has 3 rings (SSSR count). The van der Waals surface area contributed by atoms with Crippen LogP contribution < -0.4 is 15.5 Å². The third kappa shape index (κ3) is 3.87. The van der Waals surface area contributed by atoms with Crippen molar-refractivity contribution in [3.8, 4) is 0 Å². The van der Waals surface area contributed by atoms with Crippen LogP contribution in [0.15, 0.2) is 18.2 Å². The molecule has 1 aliphatic carbocycles.